The molecule has 0 saturated heterocycles. The van der Waals surface area contributed by atoms with Crippen molar-refractivity contribution >= 4 is 15.9 Å². The molecule has 1 aromatic carbocycles. The highest BCUT2D eigenvalue weighted by molar-refractivity contribution is 9.09. The first kappa shape index (κ1) is 12.0. The van der Waals surface area contributed by atoms with Gasteiger partial charge in [0.2, 0.25) is 0 Å². The Morgan fingerprint density at radius 3 is 2.75 bits per heavy atom. The Labute approximate surface area is 106 Å². The summed E-state index contributed by atoms with van der Waals surface area (Å²) in [5.41, 5.74) is 2.62. The Bertz CT molecular complexity index is 375. The van der Waals surface area contributed by atoms with Crippen molar-refractivity contribution in [3.05, 3.63) is 29.3 Å². The fourth-order valence-electron chi connectivity index (χ4n) is 2.16. The van der Waals surface area contributed by atoms with Gasteiger partial charge in [-0.3, -0.25) is 0 Å². The lowest BCUT2D eigenvalue weighted by Crippen LogP contribution is -2.01. The normalized spacial score (nSPS) is 25.2. The van der Waals surface area contributed by atoms with E-state index in [1.54, 1.807) is 0 Å². The molecule has 0 amide bonds. The lowest BCUT2D eigenvalue weighted by atomic mass is 10.0. The van der Waals surface area contributed by atoms with Crippen LogP contribution in [0.5, 0.6) is 5.75 Å². The SMILES string of the molecule is CCOc1ccc(C)cc1C(Br)C1CC1C. The Morgan fingerprint density at radius 2 is 2.19 bits per heavy atom. The van der Waals surface area contributed by atoms with E-state index in [1.807, 2.05) is 6.92 Å². The molecule has 0 aliphatic heterocycles. The summed E-state index contributed by atoms with van der Waals surface area (Å²) in [6.07, 6.45) is 1.33. The van der Waals surface area contributed by atoms with Gasteiger partial charge in [0.25, 0.3) is 0 Å². The zero-order chi connectivity index (χ0) is 11.7. The van der Waals surface area contributed by atoms with Gasteiger partial charge in [-0.25, -0.2) is 0 Å². The zero-order valence-corrected chi connectivity index (χ0v) is 11.8. The van der Waals surface area contributed by atoms with Crippen LogP contribution in [-0.4, -0.2) is 6.61 Å². The molecular weight excluding hydrogens is 264 g/mol. The van der Waals surface area contributed by atoms with Crippen molar-refractivity contribution in [2.45, 2.75) is 32.0 Å². The maximum atomic E-state index is 5.70. The van der Waals surface area contributed by atoms with Crippen LogP contribution in [-0.2, 0) is 0 Å². The molecule has 0 radical (unpaired) electrons. The molecule has 0 aromatic heterocycles. The molecule has 0 bridgehead atoms. The molecule has 1 fully saturated rings. The van der Waals surface area contributed by atoms with Gasteiger partial charge in [-0.1, -0.05) is 40.5 Å². The van der Waals surface area contributed by atoms with Crippen molar-refractivity contribution in [1.29, 1.82) is 0 Å². The molecule has 1 aliphatic carbocycles. The van der Waals surface area contributed by atoms with Crippen molar-refractivity contribution in [2.75, 3.05) is 6.61 Å². The molecule has 1 aliphatic rings. The summed E-state index contributed by atoms with van der Waals surface area (Å²) in [6, 6.07) is 6.45. The van der Waals surface area contributed by atoms with Crippen LogP contribution in [0.4, 0.5) is 0 Å². The van der Waals surface area contributed by atoms with E-state index in [0.717, 1.165) is 24.2 Å². The molecule has 2 heteroatoms. The third-order valence-corrected chi connectivity index (χ3v) is 4.48. The average Bonchev–Trinajstić information content (AvgIpc) is 2.97. The van der Waals surface area contributed by atoms with Crippen LogP contribution in [0.1, 0.15) is 36.2 Å². The summed E-state index contributed by atoms with van der Waals surface area (Å²) >= 11 is 3.83. The highest BCUT2D eigenvalue weighted by atomic mass is 79.9. The minimum atomic E-state index is 0.448. The molecule has 0 heterocycles. The van der Waals surface area contributed by atoms with Crippen LogP contribution in [0.2, 0.25) is 0 Å². The number of alkyl halides is 1. The van der Waals surface area contributed by atoms with Gasteiger partial charge in [-0.2, -0.15) is 0 Å². The van der Waals surface area contributed by atoms with E-state index < -0.39 is 0 Å². The Balaban J connectivity index is 2.25. The van der Waals surface area contributed by atoms with Gasteiger partial charge in [0.05, 0.1) is 6.61 Å². The number of hydrogen-bond acceptors (Lipinski definition) is 1. The lowest BCUT2D eigenvalue weighted by molar-refractivity contribution is 0.335. The molecule has 16 heavy (non-hydrogen) atoms. The fraction of sp³-hybridized carbons (Fsp3) is 0.571. The van der Waals surface area contributed by atoms with Crippen molar-refractivity contribution in [1.82, 2.24) is 0 Å². The zero-order valence-electron chi connectivity index (χ0n) is 10.2. The number of aryl methyl sites for hydroxylation is 1. The van der Waals surface area contributed by atoms with Gasteiger partial charge in [0.15, 0.2) is 0 Å². The molecular formula is C14H19BrO. The molecule has 0 spiro atoms. The number of benzene rings is 1. The van der Waals surface area contributed by atoms with Gasteiger partial charge in [0, 0.05) is 10.4 Å². The molecule has 1 nitrogen and oxygen atoms in total. The summed E-state index contributed by atoms with van der Waals surface area (Å²) in [4.78, 5) is 0.448. The predicted octanol–water partition coefficient (Wildman–Crippen LogP) is 4.49. The summed E-state index contributed by atoms with van der Waals surface area (Å²) in [5, 5.41) is 0. The van der Waals surface area contributed by atoms with E-state index in [0.29, 0.717) is 4.83 Å². The van der Waals surface area contributed by atoms with Crippen LogP contribution >= 0.6 is 15.9 Å². The Hall–Kier alpha value is -0.500. The molecule has 1 saturated carbocycles. The number of rotatable bonds is 4. The van der Waals surface area contributed by atoms with Crippen molar-refractivity contribution in [2.24, 2.45) is 11.8 Å². The van der Waals surface area contributed by atoms with Gasteiger partial charge < -0.3 is 4.74 Å². The van der Waals surface area contributed by atoms with E-state index in [4.69, 9.17) is 4.74 Å². The maximum Gasteiger partial charge on any atom is 0.123 e. The predicted molar refractivity (Wildman–Crippen MR) is 71.3 cm³/mol. The smallest absolute Gasteiger partial charge is 0.123 e. The van der Waals surface area contributed by atoms with E-state index in [2.05, 4.69) is 48.0 Å². The van der Waals surface area contributed by atoms with Crippen molar-refractivity contribution in [3.63, 3.8) is 0 Å². The van der Waals surface area contributed by atoms with Crippen molar-refractivity contribution in [3.8, 4) is 5.75 Å². The van der Waals surface area contributed by atoms with Crippen LogP contribution in [0, 0.1) is 18.8 Å². The first-order valence-electron chi connectivity index (χ1n) is 6.01. The third-order valence-electron chi connectivity index (χ3n) is 3.31. The highest BCUT2D eigenvalue weighted by Crippen LogP contribution is 2.52. The van der Waals surface area contributed by atoms with E-state index in [-0.39, 0.29) is 0 Å². The second-order valence-electron chi connectivity index (χ2n) is 4.75. The highest BCUT2D eigenvalue weighted by Gasteiger charge is 2.39. The minimum absolute atomic E-state index is 0.448. The van der Waals surface area contributed by atoms with Gasteiger partial charge >= 0.3 is 0 Å². The van der Waals surface area contributed by atoms with Crippen LogP contribution in [0.25, 0.3) is 0 Å². The van der Waals surface area contributed by atoms with Gasteiger partial charge in [-0.15, -0.1) is 0 Å². The van der Waals surface area contributed by atoms with Gasteiger partial charge in [-0.05, 0) is 38.2 Å². The number of hydrogen-bond donors (Lipinski definition) is 0. The summed E-state index contributed by atoms with van der Waals surface area (Å²) in [5.74, 6) is 2.66. The van der Waals surface area contributed by atoms with Crippen LogP contribution in [0.15, 0.2) is 18.2 Å². The minimum Gasteiger partial charge on any atom is -0.494 e. The van der Waals surface area contributed by atoms with Crippen LogP contribution < -0.4 is 4.74 Å². The monoisotopic (exact) mass is 282 g/mol. The maximum absolute atomic E-state index is 5.70. The molecule has 2 rings (SSSR count). The topological polar surface area (TPSA) is 9.23 Å². The molecule has 3 unspecified atom stereocenters. The van der Waals surface area contributed by atoms with Crippen LogP contribution in [0.3, 0.4) is 0 Å². The molecule has 88 valence electrons. The quantitative estimate of drug-likeness (QED) is 0.740. The summed E-state index contributed by atoms with van der Waals surface area (Å²) in [6.45, 7) is 7.22. The second-order valence-corrected chi connectivity index (χ2v) is 5.74. The average molecular weight is 283 g/mol. The van der Waals surface area contributed by atoms with E-state index in [9.17, 15) is 0 Å². The van der Waals surface area contributed by atoms with E-state index in [1.165, 1.54) is 17.5 Å². The first-order chi connectivity index (χ1) is 7.63. The standard InChI is InChI=1S/C14H19BrO/c1-4-16-13-6-5-9(2)7-12(13)14(15)11-8-10(11)3/h5-7,10-11,14H,4,8H2,1-3H3. The summed E-state index contributed by atoms with van der Waals surface area (Å²) in [7, 11) is 0. The fourth-order valence-corrected chi connectivity index (χ4v) is 3.25. The van der Waals surface area contributed by atoms with E-state index >= 15 is 0 Å². The van der Waals surface area contributed by atoms with Crippen molar-refractivity contribution < 1.29 is 4.74 Å². The largest absolute Gasteiger partial charge is 0.494 e. The molecule has 1 aromatic rings. The van der Waals surface area contributed by atoms with Gasteiger partial charge in [0.1, 0.15) is 5.75 Å². The summed E-state index contributed by atoms with van der Waals surface area (Å²) < 4.78 is 5.70. The molecule has 0 N–H and O–H groups in total. The Morgan fingerprint density at radius 1 is 1.50 bits per heavy atom. The molecule has 3 atom stereocenters. The number of ether oxygens (including phenoxy) is 1. The third kappa shape index (κ3) is 2.42. The Kier molecular flexibility index (Phi) is 3.58. The number of halogens is 1. The second kappa shape index (κ2) is 4.79. The first-order valence-corrected chi connectivity index (χ1v) is 6.92. The lowest BCUT2D eigenvalue weighted by Gasteiger charge is -2.16.